The van der Waals surface area contributed by atoms with Gasteiger partial charge in [-0.1, -0.05) is 15.9 Å². The molecule has 3 N–H and O–H groups in total. The fourth-order valence-corrected chi connectivity index (χ4v) is 1.76. The average Bonchev–Trinajstić information content (AvgIpc) is 2.14. The predicted octanol–water partition coefficient (Wildman–Crippen LogP) is 2.85. The Morgan fingerprint density at radius 2 is 1.88 bits per heavy atom. The molecule has 0 saturated carbocycles. The first kappa shape index (κ1) is 13.5. The minimum absolute atomic E-state index is 0.247. The van der Waals surface area contributed by atoms with Crippen LogP contribution in [0.5, 0.6) is 0 Å². The highest BCUT2D eigenvalue weighted by Gasteiger charge is 2.31. The van der Waals surface area contributed by atoms with Gasteiger partial charge < -0.3 is 10.8 Å². The van der Waals surface area contributed by atoms with Gasteiger partial charge in [0.05, 0.1) is 17.7 Å². The van der Waals surface area contributed by atoms with E-state index >= 15 is 0 Å². The Bertz CT molecular complexity index is 379. The van der Waals surface area contributed by atoms with Crippen molar-refractivity contribution >= 4 is 15.9 Å². The Hall–Kier alpha value is -0.590. The molecular formula is C10H11BrF3NO. The second-order valence-corrected chi connectivity index (χ2v) is 4.45. The van der Waals surface area contributed by atoms with Crippen molar-refractivity contribution < 1.29 is 18.3 Å². The summed E-state index contributed by atoms with van der Waals surface area (Å²) in [4.78, 5) is 0. The molecule has 16 heavy (non-hydrogen) atoms. The van der Waals surface area contributed by atoms with E-state index in [2.05, 4.69) is 15.9 Å². The molecule has 1 aromatic rings. The molecule has 0 spiro atoms. The number of aliphatic hydroxyl groups excluding tert-OH is 1. The lowest BCUT2D eigenvalue weighted by molar-refractivity contribution is -0.137. The minimum atomic E-state index is -4.42. The number of rotatable bonds is 2. The molecule has 90 valence electrons. The summed E-state index contributed by atoms with van der Waals surface area (Å²) < 4.78 is 37.8. The van der Waals surface area contributed by atoms with Crippen LogP contribution in [-0.2, 0) is 6.18 Å². The molecule has 6 heteroatoms. The third-order valence-corrected chi connectivity index (χ3v) is 2.61. The predicted molar refractivity (Wildman–Crippen MR) is 57.8 cm³/mol. The van der Waals surface area contributed by atoms with E-state index in [-0.39, 0.29) is 10.0 Å². The number of halogens is 4. The van der Waals surface area contributed by atoms with E-state index in [1.807, 2.05) is 0 Å². The van der Waals surface area contributed by atoms with Crippen LogP contribution in [0.4, 0.5) is 13.2 Å². The SMILES string of the molecule is C[C@@H](O)[C@@H](N)c1cc(Br)cc(C(F)(F)F)c1. The van der Waals surface area contributed by atoms with Crippen molar-refractivity contribution in [1.29, 1.82) is 0 Å². The zero-order chi connectivity index (χ0) is 12.5. The Kier molecular flexibility index (Phi) is 3.98. The standard InChI is InChI=1S/C10H11BrF3NO/c1-5(16)9(15)6-2-7(10(12,13)14)4-8(11)3-6/h2-5,9,16H,15H2,1H3/t5-,9-/m1/s1. The largest absolute Gasteiger partial charge is 0.416 e. The summed E-state index contributed by atoms with van der Waals surface area (Å²) in [5, 5.41) is 9.24. The second-order valence-electron chi connectivity index (χ2n) is 3.54. The van der Waals surface area contributed by atoms with Gasteiger partial charge in [-0.25, -0.2) is 0 Å². The summed E-state index contributed by atoms with van der Waals surface area (Å²) >= 11 is 2.99. The first-order valence-electron chi connectivity index (χ1n) is 4.53. The summed E-state index contributed by atoms with van der Waals surface area (Å²) in [6.45, 7) is 1.43. The number of hydrogen-bond donors (Lipinski definition) is 2. The van der Waals surface area contributed by atoms with Gasteiger partial charge in [-0.3, -0.25) is 0 Å². The van der Waals surface area contributed by atoms with Crippen LogP contribution in [0.15, 0.2) is 22.7 Å². The number of hydrogen-bond acceptors (Lipinski definition) is 2. The number of nitrogens with two attached hydrogens (primary N) is 1. The highest BCUT2D eigenvalue weighted by Crippen LogP contribution is 2.33. The van der Waals surface area contributed by atoms with E-state index in [9.17, 15) is 18.3 Å². The van der Waals surface area contributed by atoms with Gasteiger partial charge in [0.1, 0.15) is 0 Å². The lowest BCUT2D eigenvalue weighted by Gasteiger charge is -2.17. The molecular weight excluding hydrogens is 287 g/mol. The molecule has 0 unspecified atom stereocenters. The lowest BCUT2D eigenvalue weighted by atomic mass is 10.0. The Morgan fingerprint density at radius 1 is 1.31 bits per heavy atom. The van der Waals surface area contributed by atoms with Crippen molar-refractivity contribution in [3.63, 3.8) is 0 Å². The van der Waals surface area contributed by atoms with Crippen molar-refractivity contribution in [2.75, 3.05) is 0 Å². The van der Waals surface area contributed by atoms with Gasteiger partial charge in [-0.15, -0.1) is 0 Å². The fraction of sp³-hybridized carbons (Fsp3) is 0.400. The van der Waals surface area contributed by atoms with E-state index in [1.54, 1.807) is 0 Å². The van der Waals surface area contributed by atoms with Gasteiger partial charge in [-0.2, -0.15) is 13.2 Å². The maximum absolute atomic E-state index is 12.5. The van der Waals surface area contributed by atoms with E-state index < -0.39 is 23.9 Å². The first-order valence-corrected chi connectivity index (χ1v) is 5.32. The average molecular weight is 298 g/mol. The van der Waals surface area contributed by atoms with Crippen LogP contribution in [0.25, 0.3) is 0 Å². The zero-order valence-corrected chi connectivity index (χ0v) is 10.0. The molecule has 0 bridgehead atoms. The summed E-state index contributed by atoms with van der Waals surface area (Å²) in [7, 11) is 0. The summed E-state index contributed by atoms with van der Waals surface area (Å²) in [5.41, 5.74) is 5.04. The molecule has 0 heterocycles. The van der Waals surface area contributed by atoms with Crippen LogP contribution >= 0.6 is 15.9 Å². The third kappa shape index (κ3) is 3.20. The van der Waals surface area contributed by atoms with Crippen molar-refractivity contribution in [2.24, 2.45) is 5.73 Å². The van der Waals surface area contributed by atoms with E-state index in [1.165, 1.54) is 13.0 Å². The fourth-order valence-electron chi connectivity index (χ4n) is 1.25. The number of aliphatic hydroxyl groups is 1. The van der Waals surface area contributed by atoms with Crippen LogP contribution in [-0.4, -0.2) is 11.2 Å². The molecule has 0 fully saturated rings. The third-order valence-electron chi connectivity index (χ3n) is 2.15. The van der Waals surface area contributed by atoms with Gasteiger partial charge >= 0.3 is 6.18 Å². The molecule has 0 amide bonds. The summed E-state index contributed by atoms with van der Waals surface area (Å²) in [5.74, 6) is 0. The first-order chi connectivity index (χ1) is 7.21. The summed E-state index contributed by atoms with van der Waals surface area (Å²) in [6.07, 6.45) is -5.33. The van der Waals surface area contributed by atoms with Gasteiger partial charge in [0.15, 0.2) is 0 Å². The monoisotopic (exact) mass is 297 g/mol. The van der Waals surface area contributed by atoms with Crippen LogP contribution in [0, 0.1) is 0 Å². The van der Waals surface area contributed by atoms with E-state index in [0.29, 0.717) is 0 Å². The zero-order valence-electron chi connectivity index (χ0n) is 8.42. The Balaban J connectivity index is 3.18. The lowest BCUT2D eigenvalue weighted by Crippen LogP contribution is -2.23. The smallest absolute Gasteiger partial charge is 0.391 e. The highest BCUT2D eigenvalue weighted by molar-refractivity contribution is 9.10. The molecule has 1 rings (SSSR count). The number of benzene rings is 1. The normalized spacial score (nSPS) is 15.9. The van der Waals surface area contributed by atoms with Crippen molar-refractivity contribution in [3.8, 4) is 0 Å². The Labute approximate surface area is 99.4 Å². The van der Waals surface area contributed by atoms with Crippen molar-refractivity contribution in [1.82, 2.24) is 0 Å². The maximum atomic E-state index is 12.5. The molecule has 0 aliphatic carbocycles. The van der Waals surface area contributed by atoms with Crippen molar-refractivity contribution in [2.45, 2.75) is 25.2 Å². The second kappa shape index (κ2) is 4.73. The highest BCUT2D eigenvalue weighted by atomic mass is 79.9. The van der Waals surface area contributed by atoms with Crippen LogP contribution < -0.4 is 5.73 Å². The molecule has 0 radical (unpaired) electrons. The summed E-state index contributed by atoms with van der Waals surface area (Å²) in [6, 6.07) is 2.55. The molecule has 0 aliphatic rings. The van der Waals surface area contributed by atoms with Crippen LogP contribution in [0.2, 0.25) is 0 Å². The quantitative estimate of drug-likeness (QED) is 0.882. The molecule has 2 atom stereocenters. The van der Waals surface area contributed by atoms with Crippen LogP contribution in [0.1, 0.15) is 24.1 Å². The van der Waals surface area contributed by atoms with E-state index in [4.69, 9.17) is 5.73 Å². The molecule has 0 aromatic heterocycles. The van der Waals surface area contributed by atoms with Gasteiger partial charge in [0, 0.05) is 4.47 Å². The van der Waals surface area contributed by atoms with E-state index in [0.717, 1.165) is 12.1 Å². The minimum Gasteiger partial charge on any atom is -0.391 e. The van der Waals surface area contributed by atoms with Gasteiger partial charge in [0.2, 0.25) is 0 Å². The van der Waals surface area contributed by atoms with Crippen LogP contribution in [0.3, 0.4) is 0 Å². The van der Waals surface area contributed by atoms with Gasteiger partial charge in [0.25, 0.3) is 0 Å². The van der Waals surface area contributed by atoms with Gasteiger partial charge in [-0.05, 0) is 30.7 Å². The topological polar surface area (TPSA) is 46.2 Å². The molecule has 2 nitrogen and oxygen atoms in total. The Morgan fingerprint density at radius 3 is 2.31 bits per heavy atom. The maximum Gasteiger partial charge on any atom is 0.416 e. The molecule has 1 aromatic carbocycles. The molecule has 0 aliphatic heterocycles. The number of alkyl halides is 3. The molecule has 0 saturated heterocycles. The van der Waals surface area contributed by atoms with Crippen molar-refractivity contribution in [3.05, 3.63) is 33.8 Å².